The molecule has 0 fully saturated rings. The molecule has 5 heteroatoms. The van der Waals surface area contributed by atoms with Crippen LogP contribution < -0.4 is 4.74 Å². The number of rotatable bonds is 6. The third-order valence-electron chi connectivity index (χ3n) is 3.68. The largest absolute Gasteiger partial charge is 0.484 e. The van der Waals surface area contributed by atoms with Gasteiger partial charge in [0.1, 0.15) is 17.5 Å². The van der Waals surface area contributed by atoms with Crippen molar-refractivity contribution in [3.63, 3.8) is 0 Å². The van der Waals surface area contributed by atoms with Gasteiger partial charge >= 0.3 is 6.09 Å². The Morgan fingerprint density at radius 3 is 2.42 bits per heavy atom. The predicted octanol–water partition coefficient (Wildman–Crippen LogP) is 4.17. The maximum atomic E-state index is 12.3. The number of hydrogen-bond donors (Lipinski definition) is 1. The van der Waals surface area contributed by atoms with E-state index in [1.807, 2.05) is 69.3 Å². The van der Waals surface area contributed by atoms with Gasteiger partial charge in [0.2, 0.25) is 0 Å². The molecule has 0 radical (unpaired) electrons. The second-order valence-corrected chi connectivity index (χ2v) is 7.18. The van der Waals surface area contributed by atoms with Crippen LogP contribution in [0.4, 0.5) is 4.79 Å². The van der Waals surface area contributed by atoms with Gasteiger partial charge in [0.05, 0.1) is 13.2 Å². The van der Waals surface area contributed by atoms with Crippen molar-refractivity contribution in [3.05, 3.63) is 65.7 Å². The fraction of sp³-hybridized carbons (Fsp3) is 0.381. The lowest BCUT2D eigenvalue weighted by Gasteiger charge is -2.28. The van der Waals surface area contributed by atoms with Crippen molar-refractivity contribution < 1.29 is 19.4 Å². The molecule has 0 aliphatic rings. The van der Waals surface area contributed by atoms with Crippen molar-refractivity contribution >= 4 is 6.09 Å². The number of hydrogen-bond acceptors (Lipinski definition) is 4. The van der Waals surface area contributed by atoms with Crippen molar-refractivity contribution in [1.29, 1.82) is 0 Å². The van der Waals surface area contributed by atoms with Gasteiger partial charge in [-0.3, -0.25) is 0 Å². The molecule has 0 bridgehead atoms. The lowest BCUT2D eigenvalue weighted by atomic mass is 10.1. The highest BCUT2D eigenvalue weighted by molar-refractivity contribution is 5.67. The summed E-state index contributed by atoms with van der Waals surface area (Å²) in [6.07, 6.45) is -0.756. The lowest BCUT2D eigenvalue weighted by Crippen LogP contribution is -2.37. The van der Waals surface area contributed by atoms with Crippen LogP contribution in [0.25, 0.3) is 0 Å². The fourth-order valence-electron chi connectivity index (χ4n) is 2.42. The van der Waals surface area contributed by atoms with E-state index >= 15 is 0 Å². The Morgan fingerprint density at radius 2 is 1.81 bits per heavy atom. The van der Waals surface area contributed by atoms with Crippen molar-refractivity contribution in [3.8, 4) is 5.75 Å². The van der Waals surface area contributed by atoms with Crippen LogP contribution in [0.2, 0.25) is 0 Å². The predicted molar refractivity (Wildman–Crippen MR) is 101 cm³/mol. The smallest absolute Gasteiger partial charge is 0.410 e. The zero-order chi connectivity index (χ0) is 19.2. The molecule has 1 atom stereocenters. The summed E-state index contributed by atoms with van der Waals surface area (Å²) in [6, 6.07) is 17.0. The molecule has 0 saturated carbocycles. The molecule has 1 amide bonds. The standard InChI is InChI=1S/C21H27NO4/c1-21(2,3)26-20(24)22(4)14-19(17-10-6-5-7-11-17)25-18-12-8-9-16(13-18)15-23/h5-13,19,23H,14-15H2,1-4H3. The molecular formula is C21H27NO4. The lowest BCUT2D eigenvalue weighted by molar-refractivity contribution is 0.0226. The molecular weight excluding hydrogens is 330 g/mol. The van der Waals surface area contributed by atoms with E-state index in [2.05, 4.69) is 0 Å². The highest BCUT2D eigenvalue weighted by atomic mass is 16.6. The molecule has 0 saturated heterocycles. The number of aliphatic hydroxyl groups excluding tert-OH is 1. The van der Waals surface area contributed by atoms with E-state index in [1.165, 1.54) is 4.90 Å². The molecule has 5 nitrogen and oxygen atoms in total. The average molecular weight is 357 g/mol. The van der Waals surface area contributed by atoms with E-state index < -0.39 is 11.7 Å². The van der Waals surface area contributed by atoms with Crippen LogP contribution in [-0.2, 0) is 11.3 Å². The van der Waals surface area contributed by atoms with Crippen LogP contribution in [-0.4, -0.2) is 35.3 Å². The summed E-state index contributed by atoms with van der Waals surface area (Å²) < 4.78 is 11.6. The molecule has 1 N–H and O–H groups in total. The number of nitrogens with zero attached hydrogens (tertiary/aromatic N) is 1. The van der Waals surface area contributed by atoms with Gasteiger partial charge in [-0.1, -0.05) is 42.5 Å². The van der Waals surface area contributed by atoms with Crippen LogP contribution in [0.5, 0.6) is 5.75 Å². The number of benzene rings is 2. The average Bonchev–Trinajstić information content (AvgIpc) is 2.60. The Bertz CT molecular complexity index is 709. The highest BCUT2D eigenvalue weighted by Gasteiger charge is 2.23. The molecule has 2 aromatic carbocycles. The number of carbonyl (C=O) groups excluding carboxylic acids is 1. The van der Waals surface area contributed by atoms with Crippen molar-refractivity contribution in [2.24, 2.45) is 0 Å². The van der Waals surface area contributed by atoms with Gasteiger partial charge in [-0.15, -0.1) is 0 Å². The van der Waals surface area contributed by atoms with E-state index in [0.29, 0.717) is 12.3 Å². The summed E-state index contributed by atoms with van der Waals surface area (Å²) in [5, 5.41) is 9.31. The van der Waals surface area contributed by atoms with E-state index in [-0.39, 0.29) is 12.7 Å². The van der Waals surface area contributed by atoms with E-state index in [4.69, 9.17) is 9.47 Å². The molecule has 2 aromatic rings. The third-order valence-corrected chi connectivity index (χ3v) is 3.68. The summed E-state index contributed by atoms with van der Waals surface area (Å²) in [4.78, 5) is 13.8. The van der Waals surface area contributed by atoms with E-state index in [1.54, 1.807) is 13.1 Å². The topological polar surface area (TPSA) is 59.0 Å². The first-order valence-electron chi connectivity index (χ1n) is 8.64. The summed E-state index contributed by atoms with van der Waals surface area (Å²) in [5.74, 6) is 0.642. The number of carbonyl (C=O) groups is 1. The van der Waals surface area contributed by atoms with Crippen molar-refractivity contribution in [2.75, 3.05) is 13.6 Å². The SMILES string of the molecule is CN(CC(Oc1cccc(CO)c1)c1ccccc1)C(=O)OC(C)(C)C. The van der Waals surface area contributed by atoms with Gasteiger partial charge in [-0.25, -0.2) is 4.79 Å². The quantitative estimate of drug-likeness (QED) is 0.843. The van der Waals surface area contributed by atoms with E-state index in [9.17, 15) is 9.90 Å². The first kappa shape index (κ1) is 19.8. The van der Waals surface area contributed by atoms with Crippen LogP contribution >= 0.6 is 0 Å². The summed E-state index contributed by atoms with van der Waals surface area (Å²) >= 11 is 0. The maximum absolute atomic E-state index is 12.3. The molecule has 1 unspecified atom stereocenters. The van der Waals surface area contributed by atoms with Crippen LogP contribution in [0.3, 0.4) is 0 Å². The minimum Gasteiger partial charge on any atom is -0.484 e. The first-order chi connectivity index (χ1) is 12.3. The Balaban J connectivity index is 2.17. The Kier molecular flexibility index (Phi) is 6.64. The van der Waals surface area contributed by atoms with E-state index in [0.717, 1.165) is 11.1 Å². The molecule has 140 valence electrons. The number of likely N-dealkylation sites (N-methyl/N-ethyl adjacent to an activating group) is 1. The number of amides is 1. The molecule has 0 aliphatic carbocycles. The number of ether oxygens (including phenoxy) is 2. The second-order valence-electron chi connectivity index (χ2n) is 7.18. The molecule has 0 heterocycles. The van der Waals surface area contributed by atoms with Gasteiger partial charge < -0.3 is 19.5 Å². The van der Waals surface area contributed by atoms with Gasteiger partial charge in [0, 0.05) is 7.05 Å². The Morgan fingerprint density at radius 1 is 1.12 bits per heavy atom. The van der Waals surface area contributed by atoms with Gasteiger partial charge in [0.15, 0.2) is 0 Å². The molecule has 0 aliphatic heterocycles. The first-order valence-corrected chi connectivity index (χ1v) is 8.64. The maximum Gasteiger partial charge on any atom is 0.410 e. The summed E-state index contributed by atoms with van der Waals surface area (Å²) in [5.41, 5.74) is 1.18. The zero-order valence-electron chi connectivity index (χ0n) is 15.8. The highest BCUT2D eigenvalue weighted by Crippen LogP contribution is 2.24. The van der Waals surface area contributed by atoms with Gasteiger partial charge in [0.25, 0.3) is 0 Å². The van der Waals surface area contributed by atoms with Gasteiger partial charge in [-0.05, 0) is 44.0 Å². The minimum atomic E-state index is -0.552. The second kappa shape index (κ2) is 8.72. The third kappa shape index (κ3) is 6.08. The molecule has 2 rings (SSSR count). The minimum absolute atomic E-state index is 0.0506. The fourth-order valence-corrected chi connectivity index (χ4v) is 2.42. The van der Waals surface area contributed by atoms with Crippen molar-refractivity contribution in [2.45, 2.75) is 39.1 Å². The normalized spacial score (nSPS) is 12.3. The Labute approximate surface area is 155 Å². The molecule has 0 spiro atoms. The van der Waals surface area contributed by atoms with Gasteiger partial charge in [-0.2, -0.15) is 0 Å². The van der Waals surface area contributed by atoms with Crippen LogP contribution in [0.1, 0.15) is 38.0 Å². The Hall–Kier alpha value is -2.53. The summed E-state index contributed by atoms with van der Waals surface area (Å²) in [6.45, 7) is 5.80. The number of aliphatic hydroxyl groups is 1. The summed E-state index contributed by atoms with van der Waals surface area (Å²) in [7, 11) is 1.69. The monoisotopic (exact) mass is 357 g/mol. The molecule has 26 heavy (non-hydrogen) atoms. The zero-order valence-corrected chi connectivity index (χ0v) is 15.8. The van der Waals surface area contributed by atoms with Crippen LogP contribution in [0, 0.1) is 0 Å². The van der Waals surface area contributed by atoms with Crippen LogP contribution in [0.15, 0.2) is 54.6 Å². The molecule has 0 aromatic heterocycles. The van der Waals surface area contributed by atoms with Crippen molar-refractivity contribution in [1.82, 2.24) is 4.90 Å².